The van der Waals surface area contributed by atoms with E-state index in [1.807, 2.05) is 71.6 Å². The van der Waals surface area contributed by atoms with Crippen LogP contribution in [0.3, 0.4) is 0 Å². The molecule has 1 aliphatic rings. The Kier molecular flexibility index (Phi) is 8.25. The zero-order chi connectivity index (χ0) is 24.2. The van der Waals surface area contributed by atoms with Gasteiger partial charge in [0.05, 0.1) is 11.8 Å². The fourth-order valence-corrected chi connectivity index (χ4v) is 4.35. The molecule has 3 aromatic carbocycles. The van der Waals surface area contributed by atoms with Crippen LogP contribution in [0.5, 0.6) is 5.75 Å². The van der Waals surface area contributed by atoms with Gasteiger partial charge in [-0.05, 0) is 24.1 Å². The molecule has 1 aromatic heterocycles. The molecule has 1 saturated heterocycles. The van der Waals surface area contributed by atoms with Crippen molar-refractivity contribution in [2.75, 3.05) is 6.61 Å². The summed E-state index contributed by atoms with van der Waals surface area (Å²) in [7, 11) is 0. The van der Waals surface area contributed by atoms with Gasteiger partial charge in [0.1, 0.15) is 24.1 Å². The standard InChI is InChI=1S/C28H25N3O4.Na/c29-24-15-14-23(31(24)17-19-8-7-13-22(16-19)34-18-25(32)33)28-30-26(20-9-3-1-4-10-20)27(35-28)21-11-5-2-6-12-21;/h1-13,16,23,29H,14-15,17-18H2,(H,32,33);/q;+1/p-1. The topological polar surface area (TPSA) is 102 Å². The second-order valence-electron chi connectivity index (χ2n) is 8.40. The monoisotopic (exact) mass is 489 g/mol. The summed E-state index contributed by atoms with van der Waals surface area (Å²) in [6, 6.07) is 26.9. The van der Waals surface area contributed by atoms with Gasteiger partial charge in [0.25, 0.3) is 0 Å². The Balaban J connectivity index is 0.00000304. The molecule has 0 spiro atoms. The molecular weight excluding hydrogens is 465 g/mol. The van der Waals surface area contributed by atoms with Crippen LogP contribution in [0.2, 0.25) is 0 Å². The van der Waals surface area contributed by atoms with Crippen molar-refractivity contribution >= 4 is 11.8 Å². The van der Waals surface area contributed by atoms with Crippen LogP contribution in [-0.4, -0.2) is 28.3 Å². The summed E-state index contributed by atoms with van der Waals surface area (Å²) in [6.07, 6.45) is 1.35. The Bertz CT molecular complexity index is 1280. The summed E-state index contributed by atoms with van der Waals surface area (Å²) in [5.74, 6) is 0.973. The molecule has 1 unspecified atom stereocenters. The van der Waals surface area contributed by atoms with Gasteiger partial charge in [-0.25, -0.2) is 4.98 Å². The van der Waals surface area contributed by atoms with Crippen LogP contribution in [0.25, 0.3) is 22.6 Å². The number of hydrogen-bond acceptors (Lipinski definition) is 6. The smallest absolute Gasteiger partial charge is 0.546 e. The summed E-state index contributed by atoms with van der Waals surface area (Å²) in [4.78, 5) is 17.6. The zero-order valence-corrected chi connectivity index (χ0v) is 22.0. The third kappa shape index (κ3) is 5.70. The molecule has 2 heterocycles. The van der Waals surface area contributed by atoms with Crippen LogP contribution in [0.15, 0.2) is 89.3 Å². The van der Waals surface area contributed by atoms with Crippen molar-refractivity contribution in [2.45, 2.75) is 25.4 Å². The summed E-state index contributed by atoms with van der Waals surface area (Å²) < 4.78 is 11.7. The van der Waals surface area contributed by atoms with Gasteiger partial charge in [-0.2, -0.15) is 0 Å². The first kappa shape index (κ1) is 25.7. The molecule has 5 rings (SSSR count). The zero-order valence-electron chi connectivity index (χ0n) is 20.0. The van der Waals surface area contributed by atoms with E-state index in [1.54, 1.807) is 18.2 Å². The van der Waals surface area contributed by atoms with Crippen molar-refractivity contribution in [2.24, 2.45) is 0 Å². The number of likely N-dealkylation sites (tertiary alicyclic amines) is 1. The molecule has 1 aliphatic heterocycles. The molecule has 36 heavy (non-hydrogen) atoms. The largest absolute Gasteiger partial charge is 1.00 e. The summed E-state index contributed by atoms with van der Waals surface area (Å²) >= 11 is 0. The fraction of sp³-hybridized carbons (Fsp3) is 0.179. The minimum Gasteiger partial charge on any atom is -0.546 e. The Morgan fingerprint density at radius 1 is 1.03 bits per heavy atom. The first-order chi connectivity index (χ1) is 17.1. The van der Waals surface area contributed by atoms with E-state index in [-0.39, 0.29) is 35.6 Å². The van der Waals surface area contributed by atoms with Crippen LogP contribution < -0.4 is 39.4 Å². The van der Waals surface area contributed by atoms with Gasteiger partial charge in [-0.3, -0.25) is 5.41 Å². The molecule has 176 valence electrons. The molecule has 0 bridgehead atoms. The maximum absolute atomic E-state index is 10.7. The summed E-state index contributed by atoms with van der Waals surface area (Å²) in [6.45, 7) is -0.0534. The van der Waals surface area contributed by atoms with E-state index in [4.69, 9.17) is 19.5 Å². The molecule has 0 amide bonds. The van der Waals surface area contributed by atoms with E-state index in [0.717, 1.165) is 28.8 Å². The van der Waals surface area contributed by atoms with Crippen molar-refractivity contribution in [3.8, 4) is 28.3 Å². The van der Waals surface area contributed by atoms with E-state index in [2.05, 4.69) is 0 Å². The van der Waals surface area contributed by atoms with Crippen LogP contribution in [0.1, 0.15) is 30.3 Å². The first-order valence-corrected chi connectivity index (χ1v) is 11.5. The minimum atomic E-state index is -1.27. The number of rotatable bonds is 8. The molecule has 7 nitrogen and oxygen atoms in total. The Labute approximate surface area is 231 Å². The second kappa shape index (κ2) is 11.6. The third-order valence-corrected chi connectivity index (χ3v) is 6.00. The molecule has 0 radical (unpaired) electrons. The maximum Gasteiger partial charge on any atom is 1.00 e. The Morgan fingerprint density at radius 2 is 1.72 bits per heavy atom. The average molecular weight is 490 g/mol. The third-order valence-electron chi connectivity index (χ3n) is 6.00. The second-order valence-corrected chi connectivity index (χ2v) is 8.40. The first-order valence-electron chi connectivity index (χ1n) is 11.5. The fourth-order valence-electron chi connectivity index (χ4n) is 4.35. The van der Waals surface area contributed by atoms with Gasteiger partial charge in [-0.1, -0.05) is 72.8 Å². The Hall–Kier alpha value is -3.39. The summed E-state index contributed by atoms with van der Waals surface area (Å²) in [5, 5.41) is 19.3. The summed E-state index contributed by atoms with van der Waals surface area (Å²) in [5.41, 5.74) is 3.60. The normalized spacial score (nSPS) is 14.9. The number of oxazole rings is 1. The molecule has 8 heteroatoms. The van der Waals surface area contributed by atoms with Crippen molar-refractivity contribution < 1.29 is 48.6 Å². The van der Waals surface area contributed by atoms with E-state index in [0.29, 0.717) is 36.2 Å². The van der Waals surface area contributed by atoms with Gasteiger partial charge in [0.2, 0.25) is 5.89 Å². The van der Waals surface area contributed by atoms with Crippen molar-refractivity contribution in [3.63, 3.8) is 0 Å². The molecular formula is C28H24N3NaO4. The molecule has 1 fully saturated rings. The predicted molar refractivity (Wildman–Crippen MR) is 130 cm³/mol. The Morgan fingerprint density at radius 3 is 2.42 bits per heavy atom. The van der Waals surface area contributed by atoms with E-state index >= 15 is 0 Å². The quantitative estimate of drug-likeness (QED) is 0.376. The number of aliphatic carboxylic acids is 1. The number of nitrogens with zero attached hydrogens (tertiary/aromatic N) is 2. The molecule has 0 aliphatic carbocycles. The van der Waals surface area contributed by atoms with Crippen molar-refractivity contribution in [3.05, 3.63) is 96.4 Å². The van der Waals surface area contributed by atoms with Crippen LogP contribution >= 0.6 is 0 Å². The molecule has 1 atom stereocenters. The van der Waals surface area contributed by atoms with Crippen LogP contribution in [0.4, 0.5) is 0 Å². The number of carbonyl (C=O) groups is 1. The van der Waals surface area contributed by atoms with Crippen molar-refractivity contribution in [1.82, 2.24) is 9.88 Å². The number of hydrogen-bond donors (Lipinski definition) is 1. The number of carbonyl (C=O) groups excluding carboxylic acids is 1. The van der Waals surface area contributed by atoms with E-state index < -0.39 is 12.6 Å². The van der Waals surface area contributed by atoms with Gasteiger partial charge >= 0.3 is 29.6 Å². The molecule has 1 N–H and O–H groups in total. The number of aromatic nitrogens is 1. The molecule has 0 saturated carbocycles. The van der Waals surface area contributed by atoms with E-state index in [1.165, 1.54) is 0 Å². The number of ether oxygens (including phenoxy) is 1. The number of amidine groups is 1. The number of benzene rings is 3. The van der Waals surface area contributed by atoms with Gasteiger partial charge < -0.3 is 24.0 Å². The van der Waals surface area contributed by atoms with Crippen LogP contribution in [0, 0.1) is 5.41 Å². The average Bonchev–Trinajstić information content (AvgIpc) is 3.48. The number of carboxylic acids is 1. The van der Waals surface area contributed by atoms with Crippen LogP contribution in [-0.2, 0) is 11.3 Å². The van der Waals surface area contributed by atoms with Crippen molar-refractivity contribution in [1.29, 1.82) is 5.41 Å². The number of carboxylic acid groups (broad SMARTS) is 1. The van der Waals surface area contributed by atoms with E-state index in [9.17, 15) is 9.90 Å². The SMILES string of the molecule is N=C1CCC(c2nc(-c3ccccc3)c(-c3ccccc3)o2)N1Cc1cccc(OCC(=O)[O-])c1.[Na+]. The van der Waals surface area contributed by atoms with Gasteiger partial charge in [-0.15, -0.1) is 0 Å². The molecule has 4 aromatic rings. The number of nitrogens with one attached hydrogen (secondary N) is 1. The van der Waals surface area contributed by atoms with Gasteiger partial charge in [0.15, 0.2) is 5.76 Å². The van der Waals surface area contributed by atoms with Gasteiger partial charge in [0, 0.05) is 24.1 Å². The predicted octanol–water partition coefficient (Wildman–Crippen LogP) is 1.46. The minimum absolute atomic E-state index is 0. The maximum atomic E-state index is 10.7.